The Morgan fingerprint density at radius 1 is 0.844 bits per heavy atom. The van der Waals surface area contributed by atoms with Crippen molar-refractivity contribution in [2.45, 2.75) is 12.1 Å². The van der Waals surface area contributed by atoms with Gasteiger partial charge in [-0.2, -0.15) is 0 Å². The van der Waals surface area contributed by atoms with Crippen LogP contribution in [0.15, 0.2) is 60.7 Å². The van der Waals surface area contributed by atoms with Gasteiger partial charge in [-0.05, 0) is 24.3 Å². The summed E-state index contributed by atoms with van der Waals surface area (Å²) in [6.45, 7) is 0. The lowest BCUT2D eigenvalue weighted by molar-refractivity contribution is -0.393. The number of nitro groups is 2. The molecule has 0 radical (unpaired) electrons. The summed E-state index contributed by atoms with van der Waals surface area (Å²) in [6.07, 6.45) is 2.75. The van der Waals surface area contributed by atoms with E-state index in [-0.39, 0.29) is 5.69 Å². The van der Waals surface area contributed by atoms with Gasteiger partial charge in [0, 0.05) is 6.07 Å². The number of para-hydroxylation sites is 1. The Balaban J connectivity index is 1.62. The van der Waals surface area contributed by atoms with Crippen LogP contribution in [0.3, 0.4) is 0 Å². The van der Waals surface area contributed by atoms with E-state index in [1.807, 2.05) is 0 Å². The highest BCUT2D eigenvalue weighted by molar-refractivity contribution is 6.25. The number of nitro benzene ring substituents is 2. The number of imide groups is 1. The predicted molar refractivity (Wildman–Crippen MR) is 110 cm³/mol. The molecule has 3 aliphatic rings. The maximum absolute atomic E-state index is 13.3. The van der Waals surface area contributed by atoms with E-state index in [1.165, 1.54) is 23.1 Å². The van der Waals surface area contributed by atoms with Gasteiger partial charge in [0.15, 0.2) is 5.78 Å². The molecule has 0 saturated carbocycles. The molecule has 0 aromatic heterocycles. The Hall–Kier alpha value is -4.41. The third kappa shape index (κ3) is 2.57. The molecule has 2 aromatic carbocycles. The molecule has 3 heterocycles. The van der Waals surface area contributed by atoms with Gasteiger partial charge in [-0.25, -0.2) is 4.90 Å². The van der Waals surface area contributed by atoms with Gasteiger partial charge in [0.1, 0.15) is 11.7 Å². The highest BCUT2D eigenvalue weighted by Crippen LogP contribution is 2.50. The molecule has 2 fully saturated rings. The summed E-state index contributed by atoms with van der Waals surface area (Å²) in [5.41, 5.74) is -0.708. The van der Waals surface area contributed by atoms with Crippen LogP contribution in [0.2, 0.25) is 0 Å². The minimum Gasteiger partial charge on any atom is -0.347 e. The number of carbonyl (C=O) groups is 3. The molecule has 0 spiro atoms. The van der Waals surface area contributed by atoms with E-state index in [1.54, 1.807) is 30.3 Å². The van der Waals surface area contributed by atoms with Crippen molar-refractivity contribution in [1.82, 2.24) is 0 Å². The van der Waals surface area contributed by atoms with Crippen molar-refractivity contribution in [2.75, 3.05) is 9.80 Å². The minimum atomic E-state index is -1.12. The molecule has 5 rings (SSSR count). The SMILES string of the molecule is O=C1C=CC2[C@@H]3C(=O)N(c4ccccc4)C(=O)[C@H]3C1N2c1ccc([N+](=O)[O-])cc1[N+](=O)[O-]. The van der Waals surface area contributed by atoms with Crippen LogP contribution in [-0.4, -0.2) is 39.5 Å². The number of anilines is 2. The third-order valence-electron chi connectivity index (χ3n) is 6.14. The van der Waals surface area contributed by atoms with Crippen LogP contribution in [0, 0.1) is 32.1 Å². The smallest absolute Gasteiger partial charge is 0.299 e. The number of amides is 2. The molecule has 11 heteroatoms. The normalized spacial score (nSPS) is 25.9. The first kappa shape index (κ1) is 19.5. The zero-order chi connectivity index (χ0) is 22.7. The number of nitrogens with zero attached hydrogens (tertiary/aromatic N) is 4. The number of carbonyl (C=O) groups excluding carboxylic acids is 3. The Kier molecular flexibility index (Phi) is 4.16. The van der Waals surface area contributed by atoms with E-state index in [0.29, 0.717) is 5.69 Å². The van der Waals surface area contributed by atoms with Gasteiger partial charge < -0.3 is 4.90 Å². The van der Waals surface area contributed by atoms with Crippen molar-refractivity contribution in [3.05, 3.63) is 80.9 Å². The molecular weight excluding hydrogens is 420 g/mol. The van der Waals surface area contributed by atoms with Crippen LogP contribution in [0.25, 0.3) is 0 Å². The fraction of sp³-hybridized carbons (Fsp3) is 0.190. The maximum Gasteiger partial charge on any atom is 0.299 e. The van der Waals surface area contributed by atoms with Crippen LogP contribution < -0.4 is 9.80 Å². The molecule has 2 unspecified atom stereocenters. The molecule has 2 bridgehead atoms. The van der Waals surface area contributed by atoms with Gasteiger partial charge in [0.2, 0.25) is 11.8 Å². The van der Waals surface area contributed by atoms with Crippen LogP contribution in [0.5, 0.6) is 0 Å². The van der Waals surface area contributed by atoms with Crippen molar-refractivity contribution in [3.63, 3.8) is 0 Å². The molecule has 0 aliphatic carbocycles. The zero-order valence-corrected chi connectivity index (χ0v) is 16.2. The summed E-state index contributed by atoms with van der Waals surface area (Å²) in [7, 11) is 0. The summed E-state index contributed by atoms with van der Waals surface area (Å²) in [6, 6.07) is 9.53. The van der Waals surface area contributed by atoms with Crippen molar-refractivity contribution in [2.24, 2.45) is 11.8 Å². The Labute approximate surface area is 179 Å². The molecule has 3 aliphatic heterocycles. The second-order valence-electron chi connectivity index (χ2n) is 7.69. The van der Waals surface area contributed by atoms with Crippen molar-refractivity contribution < 1.29 is 24.2 Å². The second kappa shape index (κ2) is 6.80. The van der Waals surface area contributed by atoms with Crippen LogP contribution >= 0.6 is 0 Å². The molecule has 2 aromatic rings. The quantitative estimate of drug-likeness (QED) is 0.404. The van der Waals surface area contributed by atoms with E-state index in [0.717, 1.165) is 17.0 Å². The van der Waals surface area contributed by atoms with E-state index in [2.05, 4.69) is 0 Å². The molecule has 11 nitrogen and oxygen atoms in total. The molecule has 2 saturated heterocycles. The Morgan fingerprint density at radius 2 is 1.53 bits per heavy atom. The first-order valence-electron chi connectivity index (χ1n) is 9.67. The summed E-state index contributed by atoms with van der Waals surface area (Å²) >= 11 is 0. The number of non-ortho nitro benzene ring substituents is 1. The lowest BCUT2D eigenvalue weighted by Crippen LogP contribution is -2.49. The molecule has 4 atom stereocenters. The van der Waals surface area contributed by atoms with Gasteiger partial charge in [0.05, 0.1) is 39.5 Å². The Morgan fingerprint density at radius 3 is 2.19 bits per heavy atom. The van der Waals surface area contributed by atoms with E-state index >= 15 is 0 Å². The van der Waals surface area contributed by atoms with Gasteiger partial charge in [-0.3, -0.25) is 34.6 Å². The molecule has 32 heavy (non-hydrogen) atoms. The molecule has 0 N–H and O–H groups in total. The number of benzene rings is 2. The summed E-state index contributed by atoms with van der Waals surface area (Å²) in [5, 5.41) is 22.8. The maximum atomic E-state index is 13.3. The average molecular weight is 434 g/mol. The monoisotopic (exact) mass is 434 g/mol. The largest absolute Gasteiger partial charge is 0.347 e. The van der Waals surface area contributed by atoms with Gasteiger partial charge in [0.25, 0.3) is 11.4 Å². The first-order chi connectivity index (χ1) is 15.3. The number of fused-ring (bicyclic) bond motifs is 5. The first-order valence-corrected chi connectivity index (χ1v) is 9.67. The summed E-state index contributed by atoms with van der Waals surface area (Å²) in [4.78, 5) is 63.1. The highest BCUT2D eigenvalue weighted by Gasteiger charge is 2.65. The fourth-order valence-corrected chi connectivity index (χ4v) is 4.89. The van der Waals surface area contributed by atoms with Gasteiger partial charge in [-0.15, -0.1) is 0 Å². The lowest BCUT2D eigenvalue weighted by atomic mass is 9.90. The zero-order valence-electron chi connectivity index (χ0n) is 16.2. The third-order valence-corrected chi connectivity index (χ3v) is 6.14. The van der Waals surface area contributed by atoms with Gasteiger partial charge >= 0.3 is 0 Å². The molecule has 160 valence electrons. The van der Waals surface area contributed by atoms with Crippen LogP contribution in [0.4, 0.5) is 22.7 Å². The van der Waals surface area contributed by atoms with Crippen molar-refractivity contribution in [1.29, 1.82) is 0 Å². The van der Waals surface area contributed by atoms with E-state index in [9.17, 15) is 34.6 Å². The second-order valence-corrected chi connectivity index (χ2v) is 7.69. The molecular formula is C21H14N4O7. The van der Waals surface area contributed by atoms with Crippen molar-refractivity contribution in [3.8, 4) is 0 Å². The van der Waals surface area contributed by atoms with Crippen LogP contribution in [0.1, 0.15) is 0 Å². The Bertz CT molecular complexity index is 1240. The number of ketones is 1. The lowest BCUT2D eigenvalue weighted by Gasteiger charge is -2.34. The van der Waals surface area contributed by atoms with Gasteiger partial charge in [-0.1, -0.05) is 24.3 Å². The fourth-order valence-electron chi connectivity index (χ4n) is 4.89. The van der Waals surface area contributed by atoms with E-state index < -0.39 is 62.7 Å². The summed E-state index contributed by atoms with van der Waals surface area (Å²) in [5.74, 6) is -3.44. The average Bonchev–Trinajstić information content (AvgIpc) is 3.19. The minimum absolute atomic E-state index is 0.0467. The molecule has 2 amide bonds. The summed E-state index contributed by atoms with van der Waals surface area (Å²) < 4.78 is 0. The number of hydrogen-bond donors (Lipinski definition) is 0. The highest BCUT2D eigenvalue weighted by atomic mass is 16.6. The van der Waals surface area contributed by atoms with E-state index in [4.69, 9.17) is 0 Å². The van der Waals surface area contributed by atoms with Crippen molar-refractivity contribution >= 4 is 40.3 Å². The topological polar surface area (TPSA) is 144 Å². The van der Waals surface area contributed by atoms with Crippen LogP contribution in [-0.2, 0) is 14.4 Å². The number of hydrogen-bond acceptors (Lipinski definition) is 8. The standard InChI is InChI=1S/C21H14N4O7/c26-16-9-8-14-17-18(21(28)22(20(17)27)11-4-2-1-3-5-11)19(16)23(14)13-7-6-12(24(29)30)10-15(13)25(31)32/h1-10,14,17-19H/t14?,17-,18+,19?/m0/s1. The number of rotatable bonds is 4. The predicted octanol–water partition coefficient (Wildman–Crippen LogP) is 2.00.